The number of benzene rings is 1. The third kappa shape index (κ3) is 3.81. The van der Waals surface area contributed by atoms with Crippen molar-refractivity contribution in [3.8, 4) is 11.8 Å². The quantitative estimate of drug-likeness (QED) is 0.878. The molecule has 1 heterocycles. The molecule has 0 aliphatic rings. The average molecular weight is 277 g/mol. The lowest BCUT2D eigenvalue weighted by molar-refractivity contribution is 0.373. The highest BCUT2D eigenvalue weighted by Gasteiger charge is 2.04. The summed E-state index contributed by atoms with van der Waals surface area (Å²) in [6.07, 6.45) is 0.739. The predicted octanol–water partition coefficient (Wildman–Crippen LogP) is 2.29. The number of ether oxygens (including phenoxy) is 2. The molecule has 1 N–H and O–H groups in total. The normalized spacial score (nSPS) is 10.2. The number of nitrogens with zero attached hydrogens (tertiary/aromatic N) is 2. The van der Waals surface area contributed by atoms with E-state index in [1.54, 1.807) is 18.2 Å². The monoisotopic (exact) mass is 277 g/mol. The zero-order valence-corrected chi connectivity index (χ0v) is 11.4. The minimum atomic E-state index is -0.234. The molecule has 0 amide bonds. The maximum absolute atomic E-state index is 12.8. The van der Waals surface area contributed by atoms with Crippen LogP contribution in [0.25, 0.3) is 0 Å². The highest BCUT2D eigenvalue weighted by Crippen LogP contribution is 2.17. The molecule has 6 heteroatoms. The van der Waals surface area contributed by atoms with E-state index in [0.29, 0.717) is 24.3 Å². The SMILES string of the molecule is COc1cc(OC)nc(NCCc2ccc(F)cc2)n1. The number of nitrogens with one attached hydrogen (secondary N) is 1. The van der Waals surface area contributed by atoms with E-state index in [-0.39, 0.29) is 5.82 Å². The van der Waals surface area contributed by atoms with Crippen molar-refractivity contribution in [3.63, 3.8) is 0 Å². The molecule has 0 aliphatic carbocycles. The van der Waals surface area contributed by atoms with Crippen molar-refractivity contribution in [2.75, 3.05) is 26.1 Å². The Labute approximate surface area is 116 Å². The fourth-order valence-corrected chi connectivity index (χ4v) is 1.66. The number of aromatic nitrogens is 2. The molecule has 0 atom stereocenters. The van der Waals surface area contributed by atoms with Crippen LogP contribution in [0.15, 0.2) is 30.3 Å². The van der Waals surface area contributed by atoms with Gasteiger partial charge in [0.2, 0.25) is 17.7 Å². The fourth-order valence-electron chi connectivity index (χ4n) is 1.66. The highest BCUT2D eigenvalue weighted by molar-refractivity contribution is 5.33. The van der Waals surface area contributed by atoms with E-state index in [4.69, 9.17) is 9.47 Å². The van der Waals surface area contributed by atoms with E-state index in [1.165, 1.54) is 26.4 Å². The summed E-state index contributed by atoms with van der Waals surface area (Å²) in [4.78, 5) is 8.32. The van der Waals surface area contributed by atoms with Crippen LogP contribution in [0.3, 0.4) is 0 Å². The van der Waals surface area contributed by atoms with Crippen LogP contribution in [-0.4, -0.2) is 30.7 Å². The van der Waals surface area contributed by atoms with E-state index in [1.807, 2.05) is 0 Å². The Morgan fingerprint density at radius 1 is 1.05 bits per heavy atom. The first kappa shape index (κ1) is 14.0. The van der Waals surface area contributed by atoms with Gasteiger partial charge >= 0.3 is 0 Å². The summed E-state index contributed by atoms with van der Waals surface area (Å²) in [6, 6.07) is 8.00. The van der Waals surface area contributed by atoms with E-state index in [9.17, 15) is 4.39 Å². The van der Waals surface area contributed by atoms with Gasteiger partial charge in [-0.2, -0.15) is 9.97 Å². The summed E-state index contributed by atoms with van der Waals surface area (Å²) >= 11 is 0. The number of hydrogen-bond acceptors (Lipinski definition) is 5. The zero-order valence-electron chi connectivity index (χ0n) is 11.4. The molecular formula is C14H16FN3O2. The fraction of sp³-hybridized carbons (Fsp3) is 0.286. The third-order valence-electron chi connectivity index (χ3n) is 2.71. The van der Waals surface area contributed by atoms with Gasteiger partial charge in [0.1, 0.15) is 5.82 Å². The molecule has 0 bridgehead atoms. The van der Waals surface area contributed by atoms with E-state index in [2.05, 4.69) is 15.3 Å². The second-order valence-electron chi connectivity index (χ2n) is 4.08. The average Bonchev–Trinajstić information content (AvgIpc) is 2.49. The minimum absolute atomic E-state index is 0.234. The van der Waals surface area contributed by atoms with Gasteiger partial charge in [0.05, 0.1) is 20.3 Å². The molecule has 0 saturated heterocycles. The van der Waals surface area contributed by atoms with Crippen LogP contribution in [0, 0.1) is 5.82 Å². The van der Waals surface area contributed by atoms with Crippen molar-refractivity contribution in [2.24, 2.45) is 0 Å². The third-order valence-corrected chi connectivity index (χ3v) is 2.71. The molecule has 20 heavy (non-hydrogen) atoms. The van der Waals surface area contributed by atoms with Crippen molar-refractivity contribution in [1.29, 1.82) is 0 Å². The van der Waals surface area contributed by atoms with Crippen molar-refractivity contribution in [1.82, 2.24) is 9.97 Å². The second kappa shape index (κ2) is 6.70. The lowest BCUT2D eigenvalue weighted by Gasteiger charge is -2.08. The first-order valence-electron chi connectivity index (χ1n) is 6.16. The summed E-state index contributed by atoms with van der Waals surface area (Å²) in [5, 5.41) is 3.08. The molecule has 1 aromatic carbocycles. The largest absolute Gasteiger partial charge is 0.481 e. The van der Waals surface area contributed by atoms with E-state index in [0.717, 1.165) is 12.0 Å². The Bertz CT molecular complexity index is 539. The maximum Gasteiger partial charge on any atom is 0.229 e. The molecule has 2 aromatic rings. The molecule has 106 valence electrons. The van der Waals surface area contributed by atoms with Crippen molar-refractivity contribution >= 4 is 5.95 Å². The Hall–Kier alpha value is -2.37. The van der Waals surface area contributed by atoms with Gasteiger partial charge in [0, 0.05) is 6.54 Å². The minimum Gasteiger partial charge on any atom is -0.481 e. The zero-order chi connectivity index (χ0) is 14.4. The Morgan fingerprint density at radius 3 is 2.20 bits per heavy atom. The molecule has 2 rings (SSSR count). The molecule has 0 saturated carbocycles. The standard InChI is InChI=1S/C14H16FN3O2/c1-19-12-9-13(20-2)18-14(17-12)16-8-7-10-3-5-11(15)6-4-10/h3-6,9H,7-8H2,1-2H3,(H,16,17,18). The van der Waals surface area contributed by atoms with Crippen LogP contribution in [0.2, 0.25) is 0 Å². The van der Waals surface area contributed by atoms with Gasteiger partial charge in [0.15, 0.2) is 0 Å². The second-order valence-corrected chi connectivity index (χ2v) is 4.08. The smallest absolute Gasteiger partial charge is 0.229 e. The van der Waals surface area contributed by atoms with Gasteiger partial charge < -0.3 is 14.8 Å². The summed E-state index contributed by atoms with van der Waals surface area (Å²) in [5.74, 6) is 1.06. The Kier molecular flexibility index (Phi) is 4.70. The number of hydrogen-bond donors (Lipinski definition) is 1. The molecule has 0 radical (unpaired) electrons. The topological polar surface area (TPSA) is 56.3 Å². The van der Waals surface area contributed by atoms with Crippen molar-refractivity contribution < 1.29 is 13.9 Å². The molecule has 0 unspecified atom stereocenters. The summed E-state index contributed by atoms with van der Waals surface area (Å²) in [5.41, 5.74) is 1.04. The maximum atomic E-state index is 12.8. The van der Waals surface area contributed by atoms with Gasteiger partial charge in [-0.1, -0.05) is 12.1 Å². The van der Waals surface area contributed by atoms with Gasteiger partial charge in [0.25, 0.3) is 0 Å². The first-order valence-corrected chi connectivity index (χ1v) is 6.16. The van der Waals surface area contributed by atoms with Crippen LogP contribution in [-0.2, 0) is 6.42 Å². The van der Waals surface area contributed by atoms with Crippen LogP contribution < -0.4 is 14.8 Å². The van der Waals surface area contributed by atoms with E-state index >= 15 is 0 Å². The molecule has 0 spiro atoms. The van der Waals surface area contributed by atoms with Gasteiger partial charge in [-0.05, 0) is 24.1 Å². The van der Waals surface area contributed by atoms with Crippen LogP contribution in [0.4, 0.5) is 10.3 Å². The van der Waals surface area contributed by atoms with Crippen LogP contribution >= 0.6 is 0 Å². The highest BCUT2D eigenvalue weighted by atomic mass is 19.1. The van der Waals surface area contributed by atoms with Crippen LogP contribution in [0.5, 0.6) is 11.8 Å². The molecule has 1 aromatic heterocycles. The molecular weight excluding hydrogens is 261 g/mol. The van der Waals surface area contributed by atoms with Gasteiger partial charge in [-0.15, -0.1) is 0 Å². The van der Waals surface area contributed by atoms with E-state index < -0.39 is 0 Å². The summed E-state index contributed by atoms with van der Waals surface area (Å²) < 4.78 is 22.9. The van der Waals surface area contributed by atoms with Gasteiger partial charge in [-0.3, -0.25) is 0 Å². The number of methoxy groups -OCH3 is 2. The molecule has 5 nitrogen and oxygen atoms in total. The van der Waals surface area contributed by atoms with Gasteiger partial charge in [-0.25, -0.2) is 4.39 Å². The molecule has 0 fully saturated rings. The Morgan fingerprint density at radius 2 is 1.65 bits per heavy atom. The number of rotatable bonds is 6. The summed E-state index contributed by atoms with van der Waals surface area (Å²) in [7, 11) is 3.06. The number of anilines is 1. The first-order chi connectivity index (χ1) is 9.71. The molecule has 0 aliphatic heterocycles. The van der Waals surface area contributed by atoms with Crippen molar-refractivity contribution in [3.05, 3.63) is 41.7 Å². The number of halogens is 1. The Balaban J connectivity index is 1.94. The van der Waals surface area contributed by atoms with Crippen molar-refractivity contribution in [2.45, 2.75) is 6.42 Å². The predicted molar refractivity (Wildman–Crippen MR) is 73.7 cm³/mol. The van der Waals surface area contributed by atoms with Crippen LogP contribution in [0.1, 0.15) is 5.56 Å². The summed E-state index contributed by atoms with van der Waals surface area (Å²) in [6.45, 7) is 0.627. The lowest BCUT2D eigenvalue weighted by atomic mass is 10.1. The lowest BCUT2D eigenvalue weighted by Crippen LogP contribution is -2.09.